The molecule has 0 unspecified atom stereocenters. The number of ether oxygens (including phenoxy) is 1. The van der Waals surface area contributed by atoms with Crippen LogP contribution in [0, 0.1) is 0 Å². The van der Waals surface area contributed by atoms with Gasteiger partial charge in [-0.2, -0.15) is 0 Å². The van der Waals surface area contributed by atoms with Gasteiger partial charge in [0, 0.05) is 0 Å². The Balaban J connectivity index is 2.16. The first kappa shape index (κ1) is 15.4. The summed E-state index contributed by atoms with van der Waals surface area (Å²) < 4.78 is 4.90. The Hall–Kier alpha value is -2.61. The Bertz CT molecular complexity index is 464. The van der Waals surface area contributed by atoms with Gasteiger partial charge in [0.05, 0.1) is 6.54 Å². The standard InChI is InChI=1S/C12H16N4O4/c13-16-11(18)7-14-10(17)6-15-12(19)20-8-9-4-2-1-3-5-9/h1-5H,6-8,13H2,(H,14,17)(H,15,19)(H,16,18). The molecule has 108 valence electrons. The summed E-state index contributed by atoms with van der Waals surface area (Å²) in [4.78, 5) is 33.3. The number of nitrogens with one attached hydrogen (secondary N) is 3. The molecule has 0 saturated heterocycles. The van der Waals surface area contributed by atoms with Crippen molar-refractivity contribution in [3.05, 3.63) is 35.9 Å². The third kappa shape index (κ3) is 6.36. The molecule has 0 fully saturated rings. The van der Waals surface area contributed by atoms with Crippen molar-refractivity contribution in [1.29, 1.82) is 0 Å². The lowest BCUT2D eigenvalue weighted by molar-refractivity contribution is -0.125. The number of amides is 3. The van der Waals surface area contributed by atoms with Gasteiger partial charge in [-0.25, -0.2) is 10.6 Å². The zero-order valence-electron chi connectivity index (χ0n) is 10.7. The largest absolute Gasteiger partial charge is 0.445 e. The van der Waals surface area contributed by atoms with Gasteiger partial charge in [-0.1, -0.05) is 30.3 Å². The normalized spacial score (nSPS) is 9.45. The van der Waals surface area contributed by atoms with Crippen LogP contribution in [0.25, 0.3) is 0 Å². The molecule has 0 bridgehead atoms. The molecule has 0 aliphatic heterocycles. The summed E-state index contributed by atoms with van der Waals surface area (Å²) in [5.41, 5.74) is 2.70. The molecule has 8 nitrogen and oxygen atoms in total. The molecule has 8 heteroatoms. The molecule has 0 atom stereocenters. The molecule has 0 heterocycles. The van der Waals surface area contributed by atoms with Gasteiger partial charge in [0.1, 0.15) is 13.2 Å². The summed E-state index contributed by atoms with van der Waals surface area (Å²) in [6.07, 6.45) is -0.715. The van der Waals surface area contributed by atoms with E-state index >= 15 is 0 Å². The van der Waals surface area contributed by atoms with Gasteiger partial charge in [0.15, 0.2) is 0 Å². The summed E-state index contributed by atoms with van der Waals surface area (Å²) in [5, 5.41) is 4.52. The van der Waals surface area contributed by atoms with Gasteiger partial charge in [-0.3, -0.25) is 15.0 Å². The molecule has 20 heavy (non-hydrogen) atoms. The van der Waals surface area contributed by atoms with Crippen LogP contribution in [0.3, 0.4) is 0 Å². The van der Waals surface area contributed by atoms with Crippen LogP contribution >= 0.6 is 0 Å². The minimum Gasteiger partial charge on any atom is -0.445 e. The van der Waals surface area contributed by atoms with Crippen LogP contribution in [0.2, 0.25) is 0 Å². The fourth-order valence-corrected chi connectivity index (χ4v) is 1.22. The van der Waals surface area contributed by atoms with Crippen LogP contribution in [0.15, 0.2) is 30.3 Å². The molecule has 0 aliphatic carbocycles. The SMILES string of the molecule is NNC(=O)CNC(=O)CNC(=O)OCc1ccccc1. The smallest absolute Gasteiger partial charge is 0.407 e. The van der Waals surface area contributed by atoms with Crippen molar-refractivity contribution in [3.8, 4) is 0 Å². The van der Waals surface area contributed by atoms with Gasteiger partial charge in [-0.05, 0) is 5.56 Å². The lowest BCUT2D eigenvalue weighted by Gasteiger charge is -2.07. The molecular formula is C12H16N4O4. The number of carbonyl (C=O) groups excluding carboxylic acids is 3. The van der Waals surface area contributed by atoms with Crippen LogP contribution in [0.4, 0.5) is 4.79 Å². The summed E-state index contributed by atoms with van der Waals surface area (Å²) in [5.74, 6) is 3.77. The second kappa shape index (κ2) is 8.48. The van der Waals surface area contributed by atoms with Crippen molar-refractivity contribution in [1.82, 2.24) is 16.1 Å². The maximum absolute atomic E-state index is 11.3. The van der Waals surface area contributed by atoms with Crippen LogP contribution in [0.1, 0.15) is 5.56 Å². The third-order valence-electron chi connectivity index (χ3n) is 2.21. The van der Waals surface area contributed by atoms with Crippen LogP contribution in [-0.2, 0) is 20.9 Å². The number of hydrazine groups is 1. The van der Waals surface area contributed by atoms with Crippen molar-refractivity contribution in [3.63, 3.8) is 0 Å². The van der Waals surface area contributed by atoms with Crippen molar-refractivity contribution >= 4 is 17.9 Å². The first-order valence-electron chi connectivity index (χ1n) is 5.82. The molecular weight excluding hydrogens is 264 g/mol. The zero-order valence-corrected chi connectivity index (χ0v) is 10.7. The zero-order chi connectivity index (χ0) is 14.8. The number of benzene rings is 1. The number of nitrogens with two attached hydrogens (primary N) is 1. The lowest BCUT2D eigenvalue weighted by Crippen LogP contribution is -2.43. The Kier molecular flexibility index (Phi) is 6.55. The van der Waals surface area contributed by atoms with Gasteiger partial charge < -0.3 is 15.4 Å². The van der Waals surface area contributed by atoms with E-state index in [9.17, 15) is 14.4 Å². The Labute approximate surface area is 115 Å². The average molecular weight is 280 g/mol. The molecule has 0 aliphatic rings. The molecule has 5 N–H and O–H groups in total. The minimum atomic E-state index is -0.715. The maximum atomic E-state index is 11.3. The number of hydrogen-bond acceptors (Lipinski definition) is 5. The fraction of sp³-hybridized carbons (Fsp3) is 0.250. The molecule has 0 spiro atoms. The molecule has 0 radical (unpaired) electrons. The third-order valence-corrected chi connectivity index (χ3v) is 2.21. The van der Waals surface area contributed by atoms with E-state index in [0.29, 0.717) is 0 Å². The molecule has 1 aromatic rings. The van der Waals surface area contributed by atoms with E-state index in [1.807, 2.05) is 35.8 Å². The van der Waals surface area contributed by atoms with E-state index in [0.717, 1.165) is 5.56 Å². The molecule has 1 aromatic carbocycles. The Morgan fingerprint density at radius 3 is 2.30 bits per heavy atom. The summed E-state index contributed by atoms with van der Waals surface area (Å²) >= 11 is 0. The van der Waals surface area contributed by atoms with E-state index in [1.54, 1.807) is 0 Å². The molecule has 0 saturated carbocycles. The average Bonchev–Trinajstić information content (AvgIpc) is 2.49. The number of carbonyl (C=O) groups is 3. The lowest BCUT2D eigenvalue weighted by atomic mass is 10.2. The number of alkyl carbamates (subject to hydrolysis) is 1. The molecule has 0 aromatic heterocycles. The monoisotopic (exact) mass is 280 g/mol. The van der Waals surface area contributed by atoms with Crippen LogP contribution in [-0.4, -0.2) is 31.0 Å². The predicted octanol–water partition coefficient (Wildman–Crippen LogP) is -0.981. The van der Waals surface area contributed by atoms with E-state index in [-0.39, 0.29) is 19.7 Å². The topological polar surface area (TPSA) is 123 Å². The fourth-order valence-electron chi connectivity index (χ4n) is 1.22. The summed E-state index contributed by atoms with van der Waals surface area (Å²) in [7, 11) is 0. The van der Waals surface area contributed by atoms with Gasteiger partial charge in [0.25, 0.3) is 5.91 Å². The molecule has 3 amide bonds. The maximum Gasteiger partial charge on any atom is 0.407 e. The second-order valence-corrected chi connectivity index (χ2v) is 3.76. The summed E-state index contributed by atoms with van der Waals surface area (Å²) in [6.45, 7) is -0.425. The number of hydrogen-bond donors (Lipinski definition) is 4. The highest BCUT2D eigenvalue weighted by atomic mass is 16.5. The first-order chi connectivity index (χ1) is 9.61. The Morgan fingerprint density at radius 1 is 1.00 bits per heavy atom. The van der Waals surface area contributed by atoms with Crippen molar-refractivity contribution in [2.24, 2.45) is 5.84 Å². The molecule has 1 rings (SSSR count). The van der Waals surface area contributed by atoms with Gasteiger partial charge >= 0.3 is 6.09 Å². The van der Waals surface area contributed by atoms with Crippen molar-refractivity contribution in [2.75, 3.05) is 13.1 Å². The van der Waals surface area contributed by atoms with Crippen molar-refractivity contribution in [2.45, 2.75) is 6.61 Å². The van der Waals surface area contributed by atoms with Gasteiger partial charge in [-0.15, -0.1) is 0 Å². The van der Waals surface area contributed by atoms with E-state index < -0.39 is 17.9 Å². The van der Waals surface area contributed by atoms with E-state index in [2.05, 4.69) is 10.6 Å². The van der Waals surface area contributed by atoms with Crippen LogP contribution < -0.4 is 21.9 Å². The van der Waals surface area contributed by atoms with E-state index in [4.69, 9.17) is 10.6 Å². The summed E-state index contributed by atoms with van der Waals surface area (Å²) in [6, 6.07) is 9.13. The highest BCUT2D eigenvalue weighted by Crippen LogP contribution is 2.00. The van der Waals surface area contributed by atoms with Crippen LogP contribution in [0.5, 0.6) is 0 Å². The minimum absolute atomic E-state index is 0.115. The van der Waals surface area contributed by atoms with Crippen molar-refractivity contribution < 1.29 is 19.1 Å². The number of rotatable bonds is 6. The quantitative estimate of drug-likeness (QED) is 0.303. The van der Waals surface area contributed by atoms with E-state index in [1.165, 1.54) is 0 Å². The highest BCUT2D eigenvalue weighted by molar-refractivity contribution is 5.86. The second-order valence-electron chi connectivity index (χ2n) is 3.76. The predicted molar refractivity (Wildman–Crippen MR) is 70.0 cm³/mol. The van der Waals surface area contributed by atoms with Gasteiger partial charge in [0.2, 0.25) is 5.91 Å². The highest BCUT2D eigenvalue weighted by Gasteiger charge is 2.07. The Morgan fingerprint density at radius 2 is 1.65 bits per heavy atom. The first-order valence-corrected chi connectivity index (χ1v) is 5.82.